The van der Waals surface area contributed by atoms with Gasteiger partial charge in [0.2, 0.25) is 11.8 Å². The number of ketones is 1. The maximum Gasteiger partial charge on any atom is 0.341 e. The Morgan fingerprint density at radius 3 is 2.74 bits per heavy atom. The van der Waals surface area contributed by atoms with Crippen molar-refractivity contribution in [3.05, 3.63) is 29.8 Å². The van der Waals surface area contributed by atoms with E-state index in [2.05, 4.69) is 10.1 Å². The highest BCUT2D eigenvalue weighted by atomic mass is 19.1. The number of halogens is 1. The molecule has 0 aromatic carbocycles. The third-order valence-corrected chi connectivity index (χ3v) is 2.15. The predicted molar refractivity (Wildman–Crippen MR) is 63.3 cm³/mol. The van der Waals surface area contributed by atoms with E-state index in [-0.39, 0.29) is 12.5 Å². The third kappa shape index (κ3) is 3.90. The predicted octanol–water partition coefficient (Wildman–Crippen LogP) is 2.00. The number of rotatable bonds is 6. The van der Waals surface area contributed by atoms with Gasteiger partial charge in [0.05, 0.1) is 6.61 Å². The van der Waals surface area contributed by atoms with Gasteiger partial charge in [0, 0.05) is 6.20 Å². The van der Waals surface area contributed by atoms with E-state index in [4.69, 9.17) is 10.3 Å². The van der Waals surface area contributed by atoms with E-state index in [1.807, 2.05) is 13.8 Å². The molecular formula is C12H14FN3O3. The quantitative estimate of drug-likeness (QED) is 0.369. The molecule has 1 N–H and O–H groups in total. The molecule has 0 radical (unpaired) electrons. The van der Waals surface area contributed by atoms with Gasteiger partial charge in [-0.3, -0.25) is 4.79 Å². The van der Waals surface area contributed by atoms with E-state index in [1.54, 1.807) is 0 Å². The highest BCUT2D eigenvalue weighted by Gasteiger charge is 2.31. The molecule has 0 aliphatic heterocycles. The molecule has 19 heavy (non-hydrogen) atoms. The molecule has 0 bridgehead atoms. The monoisotopic (exact) mass is 267 g/mol. The normalized spacial score (nSPS) is 12.0. The number of esters is 1. The number of aromatic nitrogens is 1. The van der Waals surface area contributed by atoms with E-state index in [9.17, 15) is 14.0 Å². The Morgan fingerprint density at radius 1 is 1.53 bits per heavy atom. The largest absolute Gasteiger partial charge is 0.463 e. The van der Waals surface area contributed by atoms with E-state index >= 15 is 0 Å². The molecule has 7 heteroatoms. The summed E-state index contributed by atoms with van der Waals surface area (Å²) in [4.78, 5) is 27.0. The van der Waals surface area contributed by atoms with E-state index in [1.165, 1.54) is 12.3 Å². The van der Waals surface area contributed by atoms with Crippen molar-refractivity contribution in [2.45, 2.75) is 19.9 Å². The lowest BCUT2D eigenvalue weighted by atomic mass is 10.1. The van der Waals surface area contributed by atoms with Gasteiger partial charge in [0.1, 0.15) is 5.69 Å². The number of hydrogen-bond donors (Lipinski definition) is 1. The molecule has 1 unspecified atom stereocenters. The number of nitrogens with zero attached hydrogens (tertiary/aromatic N) is 2. The topological polar surface area (TPSA) is 92.5 Å². The van der Waals surface area contributed by atoms with Gasteiger partial charge in [-0.15, -0.1) is 0 Å². The highest BCUT2D eigenvalue weighted by Crippen LogP contribution is 2.10. The van der Waals surface area contributed by atoms with Gasteiger partial charge in [-0.05, 0) is 18.1 Å². The second kappa shape index (κ2) is 6.67. The highest BCUT2D eigenvalue weighted by molar-refractivity contribution is 6.11. The zero-order valence-corrected chi connectivity index (χ0v) is 10.6. The minimum atomic E-state index is -1.71. The van der Waals surface area contributed by atoms with Crippen LogP contribution < -0.4 is 0 Å². The van der Waals surface area contributed by atoms with Gasteiger partial charge in [0.25, 0.3) is 0 Å². The van der Waals surface area contributed by atoms with Crippen LogP contribution in [0.15, 0.2) is 23.4 Å². The fourth-order valence-electron chi connectivity index (χ4n) is 1.24. The Kier molecular flexibility index (Phi) is 5.23. The smallest absolute Gasteiger partial charge is 0.341 e. The summed E-state index contributed by atoms with van der Waals surface area (Å²) in [7, 11) is 0. The molecule has 0 aliphatic carbocycles. The maximum atomic E-state index is 13.4. The van der Waals surface area contributed by atoms with Crippen LogP contribution in [0.3, 0.4) is 0 Å². The van der Waals surface area contributed by atoms with Gasteiger partial charge in [0.15, 0.2) is 5.82 Å². The zero-order chi connectivity index (χ0) is 14.4. The van der Waals surface area contributed by atoms with Crippen molar-refractivity contribution >= 4 is 11.8 Å². The van der Waals surface area contributed by atoms with Crippen LogP contribution in [0, 0.1) is 17.3 Å². The summed E-state index contributed by atoms with van der Waals surface area (Å²) in [6.45, 7) is 3.74. The van der Waals surface area contributed by atoms with Gasteiger partial charge in [-0.25, -0.2) is 19.7 Å². The summed E-state index contributed by atoms with van der Waals surface area (Å²) < 4.78 is 18.2. The maximum absolute atomic E-state index is 13.4. The van der Waals surface area contributed by atoms with Crippen LogP contribution in [0.2, 0.25) is 0 Å². The van der Waals surface area contributed by atoms with Crippen molar-refractivity contribution in [2.75, 3.05) is 6.61 Å². The SMILES string of the molecule is CC(C)COC(=O)C(N=N)C(=O)c1ncccc1F. The average Bonchev–Trinajstić information content (AvgIpc) is 2.37. The first-order chi connectivity index (χ1) is 8.97. The fourth-order valence-corrected chi connectivity index (χ4v) is 1.24. The lowest BCUT2D eigenvalue weighted by Crippen LogP contribution is -2.32. The van der Waals surface area contributed by atoms with Crippen molar-refractivity contribution in [3.63, 3.8) is 0 Å². The molecule has 0 saturated carbocycles. The first kappa shape index (κ1) is 14.9. The molecule has 1 heterocycles. The van der Waals surface area contributed by atoms with Crippen LogP contribution in [0.25, 0.3) is 0 Å². The lowest BCUT2D eigenvalue weighted by Gasteiger charge is -2.11. The van der Waals surface area contributed by atoms with Gasteiger partial charge >= 0.3 is 5.97 Å². The number of ether oxygens (including phenoxy) is 1. The molecule has 0 amide bonds. The Labute approximate surface area is 109 Å². The fraction of sp³-hybridized carbons (Fsp3) is 0.417. The summed E-state index contributed by atoms with van der Waals surface area (Å²) in [6.07, 6.45) is 1.22. The van der Waals surface area contributed by atoms with Gasteiger partial charge in [-0.1, -0.05) is 13.8 Å². The molecule has 1 atom stereocenters. The van der Waals surface area contributed by atoms with Crippen LogP contribution in [0.1, 0.15) is 24.3 Å². The van der Waals surface area contributed by atoms with Crippen LogP contribution in [0.4, 0.5) is 4.39 Å². The molecule has 0 fully saturated rings. The molecule has 6 nitrogen and oxygen atoms in total. The van der Waals surface area contributed by atoms with E-state index < -0.39 is 29.3 Å². The second-order valence-electron chi connectivity index (χ2n) is 4.25. The number of nitrogens with one attached hydrogen (secondary N) is 1. The molecule has 0 spiro atoms. The minimum absolute atomic E-state index is 0.0806. The van der Waals surface area contributed by atoms with Crippen molar-refractivity contribution in [3.8, 4) is 0 Å². The Morgan fingerprint density at radius 2 is 2.21 bits per heavy atom. The third-order valence-electron chi connectivity index (χ3n) is 2.15. The van der Waals surface area contributed by atoms with Crippen LogP contribution >= 0.6 is 0 Å². The molecule has 1 aromatic heterocycles. The first-order valence-electron chi connectivity index (χ1n) is 5.65. The van der Waals surface area contributed by atoms with Crippen LogP contribution in [-0.2, 0) is 9.53 Å². The molecular weight excluding hydrogens is 253 g/mol. The van der Waals surface area contributed by atoms with Crippen molar-refractivity contribution in [1.29, 1.82) is 5.53 Å². The second-order valence-corrected chi connectivity index (χ2v) is 4.25. The summed E-state index contributed by atoms with van der Waals surface area (Å²) in [5.41, 5.74) is 6.36. The van der Waals surface area contributed by atoms with Crippen LogP contribution in [0.5, 0.6) is 0 Å². The number of carbonyl (C=O) groups is 2. The number of pyridine rings is 1. The summed E-state index contributed by atoms with van der Waals surface area (Å²) in [6, 6.07) is 0.652. The lowest BCUT2D eigenvalue weighted by molar-refractivity contribution is -0.145. The molecule has 0 saturated heterocycles. The Balaban J connectivity index is 2.86. The zero-order valence-electron chi connectivity index (χ0n) is 10.6. The molecule has 1 aromatic rings. The molecule has 0 aliphatic rings. The summed E-state index contributed by atoms with van der Waals surface area (Å²) >= 11 is 0. The number of Topliss-reactive ketones (excluding diaryl/α,β-unsaturated/α-hetero) is 1. The average molecular weight is 267 g/mol. The summed E-state index contributed by atoms with van der Waals surface area (Å²) in [5.74, 6) is -2.74. The van der Waals surface area contributed by atoms with Gasteiger partial charge in [-0.2, -0.15) is 5.11 Å². The molecule has 1 rings (SSSR count). The standard InChI is InChI=1S/C12H14FN3O3/c1-7(2)6-19-12(18)10(16-14)11(17)9-8(13)4-3-5-15-9/h3-5,7,10,14H,6H2,1-2H3. The van der Waals surface area contributed by atoms with Crippen molar-refractivity contribution in [1.82, 2.24) is 4.98 Å². The van der Waals surface area contributed by atoms with Gasteiger partial charge < -0.3 is 4.74 Å². The number of carbonyl (C=O) groups excluding carboxylic acids is 2. The minimum Gasteiger partial charge on any atom is -0.463 e. The van der Waals surface area contributed by atoms with Crippen molar-refractivity contribution in [2.24, 2.45) is 11.0 Å². The molecule has 102 valence electrons. The number of hydrogen-bond acceptors (Lipinski definition) is 6. The summed E-state index contributed by atoms with van der Waals surface area (Å²) in [5, 5.41) is 2.90. The van der Waals surface area contributed by atoms with E-state index in [0.29, 0.717) is 0 Å². The Hall–Kier alpha value is -2.18. The first-order valence-corrected chi connectivity index (χ1v) is 5.65. The Bertz CT molecular complexity index is 491. The van der Waals surface area contributed by atoms with Crippen molar-refractivity contribution < 1.29 is 18.7 Å². The van der Waals surface area contributed by atoms with Crippen LogP contribution in [-0.4, -0.2) is 29.4 Å². The van der Waals surface area contributed by atoms with E-state index in [0.717, 1.165) is 6.07 Å².